The number of aromatic nitrogens is 3. The first-order valence-electron chi connectivity index (χ1n) is 8.84. The molecule has 1 aromatic heterocycles. The van der Waals surface area contributed by atoms with Gasteiger partial charge in [-0.3, -0.25) is 4.79 Å². The van der Waals surface area contributed by atoms with Crippen molar-refractivity contribution >= 4 is 5.91 Å². The summed E-state index contributed by atoms with van der Waals surface area (Å²) in [6.45, 7) is 4.85. The van der Waals surface area contributed by atoms with Crippen LogP contribution in [0.5, 0.6) is 11.5 Å². The van der Waals surface area contributed by atoms with Crippen LogP contribution in [0.1, 0.15) is 36.1 Å². The Morgan fingerprint density at radius 3 is 2.67 bits per heavy atom. The Hall–Kier alpha value is -3.35. The number of benzene rings is 2. The zero-order chi connectivity index (χ0) is 18.8. The molecule has 1 N–H and O–H groups in total. The Kier molecular flexibility index (Phi) is 4.50. The second-order valence-corrected chi connectivity index (χ2v) is 6.27. The van der Waals surface area contributed by atoms with Crippen molar-refractivity contribution in [3.63, 3.8) is 0 Å². The van der Waals surface area contributed by atoms with E-state index >= 15 is 0 Å². The van der Waals surface area contributed by atoms with Crippen LogP contribution in [-0.4, -0.2) is 27.5 Å². The van der Waals surface area contributed by atoms with Gasteiger partial charge in [0.1, 0.15) is 12.2 Å². The standard InChI is InChI=1S/C20H20N4O3/c1-3-24-19(21-11-22-24)13(2)23-20(25)15-6-4-14(5-7-15)16-8-9-17-18(10-16)27-12-26-17/h4-11,13H,3,12H2,1-2H3,(H,23,25). The summed E-state index contributed by atoms with van der Waals surface area (Å²) in [4.78, 5) is 16.8. The van der Waals surface area contributed by atoms with E-state index in [4.69, 9.17) is 9.47 Å². The van der Waals surface area contributed by atoms with Crippen LogP contribution in [0.25, 0.3) is 11.1 Å². The molecule has 1 unspecified atom stereocenters. The molecule has 0 saturated heterocycles. The number of carbonyl (C=O) groups is 1. The van der Waals surface area contributed by atoms with Gasteiger partial charge < -0.3 is 14.8 Å². The van der Waals surface area contributed by atoms with Crippen molar-refractivity contribution in [3.05, 3.63) is 60.2 Å². The molecule has 2 aromatic carbocycles. The van der Waals surface area contributed by atoms with Gasteiger partial charge in [-0.05, 0) is 49.2 Å². The summed E-state index contributed by atoms with van der Waals surface area (Å²) in [5.74, 6) is 2.08. The minimum Gasteiger partial charge on any atom is -0.454 e. The summed E-state index contributed by atoms with van der Waals surface area (Å²) in [6, 6.07) is 13.0. The van der Waals surface area contributed by atoms with Gasteiger partial charge in [-0.25, -0.2) is 9.67 Å². The van der Waals surface area contributed by atoms with Gasteiger partial charge in [0.15, 0.2) is 11.5 Å². The van der Waals surface area contributed by atoms with Gasteiger partial charge >= 0.3 is 0 Å². The van der Waals surface area contributed by atoms with Crippen LogP contribution in [-0.2, 0) is 6.54 Å². The van der Waals surface area contributed by atoms with Crippen LogP contribution in [0.15, 0.2) is 48.8 Å². The van der Waals surface area contributed by atoms with E-state index in [0.29, 0.717) is 12.1 Å². The lowest BCUT2D eigenvalue weighted by atomic mass is 10.0. The Bertz CT molecular complexity index is 966. The largest absolute Gasteiger partial charge is 0.454 e. The lowest BCUT2D eigenvalue weighted by Gasteiger charge is -2.14. The van der Waals surface area contributed by atoms with Crippen LogP contribution in [0.2, 0.25) is 0 Å². The van der Waals surface area contributed by atoms with Gasteiger partial charge in [-0.15, -0.1) is 0 Å². The molecule has 27 heavy (non-hydrogen) atoms. The lowest BCUT2D eigenvalue weighted by molar-refractivity contribution is 0.0937. The van der Waals surface area contributed by atoms with Crippen molar-refractivity contribution in [2.75, 3.05) is 6.79 Å². The molecule has 0 fully saturated rings. The van der Waals surface area contributed by atoms with Gasteiger partial charge in [0, 0.05) is 12.1 Å². The highest BCUT2D eigenvalue weighted by atomic mass is 16.7. The molecule has 0 bridgehead atoms. The Balaban J connectivity index is 1.48. The molecular weight excluding hydrogens is 344 g/mol. The van der Waals surface area contributed by atoms with Crippen molar-refractivity contribution in [1.82, 2.24) is 20.1 Å². The van der Waals surface area contributed by atoms with Crippen molar-refractivity contribution in [2.24, 2.45) is 0 Å². The van der Waals surface area contributed by atoms with Gasteiger partial charge in [0.25, 0.3) is 5.91 Å². The van der Waals surface area contributed by atoms with Gasteiger partial charge in [-0.1, -0.05) is 18.2 Å². The van der Waals surface area contributed by atoms with E-state index in [2.05, 4.69) is 15.4 Å². The second kappa shape index (κ2) is 7.11. The van der Waals surface area contributed by atoms with Crippen molar-refractivity contribution < 1.29 is 14.3 Å². The number of hydrogen-bond acceptors (Lipinski definition) is 5. The highest BCUT2D eigenvalue weighted by molar-refractivity contribution is 5.94. The average molecular weight is 364 g/mol. The number of hydrogen-bond donors (Lipinski definition) is 1. The quantitative estimate of drug-likeness (QED) is 0.752. The van der Waals surface area contributed by atoms with E-state index in [9.17, 15) is 4.79 Å². The van der Waals surface area contributed by atoms with Crippen LogP contribution < -0.4 is 14.8 Å². The summed E-state index contributed by atoms with van der Waals surface area (Å²) in [6.07, 6.45) is 1.50. The maximum atomic E-state index is 12.5. The summed E-state index contributed by atoms with van der Waals surface area (Å²) >= 11 is 0. The van der Waals surface area contributed by atoms with Crippen LogP contribution in [0.3, 0.4) is 0 Å². The van der Waals surface area contributed by atoms with Crippen LogP contribution in [0, 0.1) is 0 Å². The minimum atomic E-state index is -0.228. The fourth-order valence-electron chi connectivity index (χ4n) is 3.09. The number of nitrogens with one attached hydrogen (secondary N) is 1. The average Bonchev–Trinajstić information content (AvgIpc) is 3.36. The number of aryl methyl sites for hydroxylation is 1. The number of ether oxygens (including phenoxy) is 2. The van der Waals surface area contributed by atoms with E-state index < -0.39 is 0 Å². The topological polar surface area (TPSA) is 78.3 Å². The number of nitrogens with zero attached hydrogens (tertiary/aromatic N) is 3. The fraction of sp³-hybridized carbons (Fsp3) is 0.250. The van der Waals surface area contributed by atoms with Crippen LogP contribution >= 0.6 is 0 Å². The molecular formula is C20H20N4O3. The predicted molar refractivity (Wildman–Crippen MR) is 99.6 cm³/mol. The van der Waals surface area contributed by atoms with Gasteiger partial charge in [-0.2, -0.15) is 5.10 Å². The molecule has 4 rings (SSSR count). The molecule has 3 aromatic rings. The zero-order valence-corrected chi connectivity index (χ0v) is 15.2. The van der Waals surface area contributed by atoms with Gasteiger partial charge in [0.2, 0.25) is 6.79 Å². The first kappa shape index (κ1) is 17.1. The maximum Gasteiger partial charge on any atom is 0.251 e. The molecule has 0 radical (unpaired) electrons. The predicted octanol–water partition coefficient (Wildman–Crippen LogP) is 3.18. The zero-order valence-electron chi connectivity index (χ0n) is 15.2. The monoisotopic (exact) mass is 364 g/mol. The normalized spacial score (nSPS) is 13.4. The molecule has 7 heteroatoms. The van der Waals surface area contributed by atoms with E-state index in [1.54, 1.807) is 4.68 Å². The highest BCUT2D eigenvalue weighted by Gasteiger charge is 2.17. The van der Waals surface area contributed by atoms with Crippen molar-refractivity contribution in [2.45, 2.75) is 26.4 Å². The number of amides is 1. The molecule has 1 aliphatic heterocycles. The summed E-state index contributed by atoms with van der Waals surface area (Å²) in [5.41, 5.74) is 2.60. The van der Waals surface area contributed by atoms with Gasteiger partial charge in [0.05, 0.1) is 6.04 Å². The summed E-state index contributed by atoms with van der Waals surface area (Å²) in [5, 5.41) is 7.11. The molecule has 0 saturated carbocycles. The molecule has 7 nitrogen and oxygen atoms in total. The lowest BCUT2D eigenvalue weighted by Crippen LogP contribution is -2.28. The highest BCUT2D eigenvalue weighted by Crippen LogP contribution is 2.35. The SMILES string of the molecule is CCn1ncnc1C(C)NC(=O)c1ccc(-c2ccc3c(c2)OCO3)cc1. The van der Waals surface area contributed by atoms with E-state index in [-0.39, 0.29) is 18.7 Å². The third-order valence-corrected chi connectivity index (χ3v) is 4.53. The Morgan fingerprint density at radius 2 is 1.89 bits per heavy atom. The molecule has 1 amide bonds. The molecule has 1 atom stereocenters. The van der Waals surface area contributed by atoms with Crippen molar-refractivity contribution in [1.29, 1.82) is 0 Å². The second-order valence-electron chi connectivity index (χ2n) is 6.27. The Morgan fingerprint density at radius 1 is 1.15 bits per heavy atom. The number of rotatable bonds is 5. The van der Waals surface area contributed by atoms with E-state index in [0.717, 1.165) is 28.5 Å². The summed E-state index contributed by atoms with van der Waals surface area (Å²) < 4.78 is 12.5. The van der Waals surface area contributed by atoms with Crippen LogP contribution in [0.4, 0.5) is 0 Å². The first-order valence-corrected chi connectivity index (χ1v) is 8.84. The fourth-order valence-corrected chi connectivity index (χ4v) is 3.09. The molecule has 1 aliphatic rings. The minimum absolute atomic E-state index is 0.148. The molecule has 138 valence electrons. The maximum absolute atomic E-state index is 12.5. The molecule has 0 aliphatic carbocycles. The number of carbonyl (C=O) groups excluding carboxylic acids is 1. The number of fused-ring (bicyclic) bond motifs is 1. The van der Waals surface area contributed by atoms with Crippen molar-refractivity contribution in [3.8, 4) is 22.6 Å². The molecule has 0 spiro atoms. The smallest absolute Gasteiger partial charge is 0.251 e. The summed E-state index contributed by atoms with van der Waals surface area (Å²) in [7, 11) is 0. The third kappa shape index (κ3) is 3.36. The third-order valence-electron chi connectivity index (χ3n) is 4.53. The Labute approximate surface area is 156 Å². The molecule has 2 heterocycles. The first-order chi connectivity index (χ1) is 13.2. The van der Waals surface area contributed by atoms with E-state index in [1.807, 2.05) is 56.3 Å². The van der Waals surface area contributed by atoms with E-state index in [1.165, 1.54) is 6.33 Å².